The second kappa shape index (κ2) is 2.73. The Hall–Kier alpha value is -2.34. The minimum atomic E-state index is 0.264. The lowest BCUT2D eigenvalue weighted by atomic mass is 9.84. The summed E-state index contributed by atoms with van der Waals surface area (Å²) < 4.78 is 32.2. The Bertz CT molecular complexity index is 1110. The number of hydrogen-bond acceptors (Lipinski definition) is 0. The highest BCUT2D eigenvalue weighted by Crippen LogP contribution is 2.46. The molecule has 5 aromatic carbocycles. The molecule has 0 nitrogen and oxygen atoms in total. The summed E-state index contributed by atoms with van der Waals surface area (Å²) in [7, 11) is 0. The van der Waals surface area contributed by atoms with E-state index in [-0.39, 0.29) is 12.1 Å². The van der Waals surface area contributed by atoms with Gasteiger partial charge in [0.1, 0.15) is 0 Å². The first kappa shape index (κ1) is 6.01. The van der Waals surface area contributed by atoms with Gasteiger partial charge in [-0.15, -0.1) is 0 Å². The Kier molecular flexibility index (Phi) is 0.912. The van der Waals surface area contributed by atoms with Gasteiger partial charge in [-0.05, 0) is 43.1 Å². The summed E-state index contributed by atoms with van der Waals surface area (Å²) in [6.07, 6.45) is 0. The van der Waals surface area contributed by atoms with Crippen LogP contribution in [0.3, 0.4) is 0 Å². The second-order valence-corrected chi connectivity index (χ2v) is 4.69. The second-order valence-electron chi connectivity index (χ2n) is 4.69. The molecule has 0 radical (unpaired) electrons. The zero-order valence-corrected chi connectivity index (χ0v) is 9.46. The zero-order chi connectivity index (χ0) is 15.2. The van der Waals surface area contributed by atoms with Crippen LogP contribution in [0.25, 0.3) is 43.1 Å². The van der Waals surface area contributed by atoms with E-state index in [1.165, 1.54) is 0 Å². The molecule has 0 heteroatoms. The van der Waals surface area contributed by atoms with Crippen molar-refractivity contribution in [2.75, 3.05) is 0 Å². The summed E-state index contributed by atoms with van der Waals surface area (Å²) in [4.78, 5) is 0. The summed E-state index contributed by atoms with van der Waals surface area (Å²) in [6, 6.07) is 12.3. The number of fused-ring (bicyclic) bond motifs is 9. The van der Waals surface area contributed by atoms with Crippen molar-refractivity contribution in [3.8, 4) is 0 Å². The van der Waals surface area contributed by atoms with Gasteiger partial charge in [-0.3, -0.25) is 0 Å². The molecule has 0 amide bonds. The lowest BCUT2D eigenvalue weighted by Gasteiger charge is -2.19. The first-order valence-corrected chi connectivity index (χ1v) is 5.98. The molecule has 0 unspecified atom stereocenters. The van der Waals surface area contributed by atoms with Crippen LogP contribution in [0.5, 0.6) is 0 Å². The van der Waals surface area contributed by atoms with Gasteiger partial charge in [0, 0.05) is 0 Å². The first-order chi connectivity index (χ1) is 10.6. The SMILES string of the molecule is [2H]c1ccc2c(c1)c1c2c([2H])c([2H])c2c3ccc([2H])cc3c21. The average Bonchev–Trinajstić information content (AvgIpc) is 2.47. The van der Waals surface area contributed by atoms with Crippen LogP contribution in [0.2, 0.25) is 0 Å². The maximum absolute atomic E-state index is 8.30. The Balaban J connectivity index is 2.10. The zero-order valence-electron chi connectivity index (χ0n) is 13.5. The van der Waals surface area contributed by atoms with Crippen LogP contribution in [0, 0.1) is 0 Å². The summed E-state index contributed by atoms with van der Waals surface area (Å²) in [5.74, 6) is 0. The van der Waals surface area contributed by atoms with E-state index >= 15 is 0 Å². The van der Waals surface area contributed by atoms with Crippen LogP contribution in [-0.4, -0.2) is 0 Å². The lowest BCUT2D eigenvalue weighted by molar-refractivity contribution is 1.79. The average molecular weight is 230 g/mol. The highest BCUT2D eigenvalue weighted by molar-refractivity contribution is 6.42. The normalized spacial score (nSPS) is 15.6. The Morgan fingerprint density at radius 2 is 1.06 bits per heavy atom. The molecule has 0 aliphatic carbocycles. The molecule has 0 aliphatic heterocycles. The third-order valence-corrected chi connectivity index (χ3v) is 3.87. The molecule has 0 bridgehead atoms. The third kappa shape index (κ3) is 0.790. The van der Waals surface area contributed by atoms with Crippen molar-refractivity contribution >= 4 is 43.1 Å². The molecule has 0 atom stereocenters. The van der Waals surface area contributed by atoms with Crippen LogP contribution in [0.1, 0.15) is 5.48 Å². The summed E-state index contributed by atoms with van der Waals surface area (Å²) in [5, 5.41) is 7.52. The van der Waals surface area contributed by atoms with Crippen molar-refractivity contribution in [3.05, 3.63) is 60.6 Å². The van der Waals surface area contributed by atoms with Gasteiger partial charge in [0.05, 0.1) is 5.48 Å². The van der Waals surface area contributed by atoms with Crippen LogP contribution < -0.4 is 0 Å². The standard InChI is InChI=1S/C18H10/c1-3-7-13-11(5-1)15-9-10-16-12-6-2-4-8-14(12)18(16)17(13)15/h1-10H/i3D,4D,9D,10D. The van der Waals surface area contributed by atoms with E-state index in [0.29, 0.717) is 12.1 Å². The molecule has 5 aromatic rings. The number of hydrogen-bond donors (Lipinski definition) is 0. The molecule has 0 N–H and O–H groups in total. The topological polar surface area (TPSA) is 0 Å². The van der Waals surface area contributed by atoms with Crippen LogP contribution in [0.4, 0.5) is 0 Å². The number of rotatable bonds is 0. The Morgan fingerprint density at radius 1 is 0.556 bits per heavy atom. The molecule has 0 aromatic heterocycles. The molecule has 82 valence electrons. The predicted molar refractivity (Wildman–Crippen MR) is 78.8 cm³/mol. The molecule has 5 rings (SSSR count). The first-order valence-electron chi connectivity index (χ1n) is 7.98. The molecule has 0 fully saturated rings. The molecular formula is C18H10. The van der Waals surface area contributed by atoms with Crippen molar-refractivity contribution in [3.63, 3.8) is 0 Å². The van der Waals surface area contributed by atoms with Gasteiger partial charge in [-0.1, -0.05) is 60.6 Å². The van der Waals surface area contributed by atoms with Crippen LogP contribution in [-0.2, 0) is 0 Å². The molecule has 18 heavy (non-hydrogen) atoms. The van der Waals surface area contributed by atoms with E-state index in [4.69, 9.17) is 5.48 Å². The summed E-state index contributed by atoms with van der Waals surface area (Å²) in [5.41, 5.74) is 0. The molecular weight excluding hydrogens is 216 g/mol. The fourth-order valence-electron chi connectivity index (χ4n) is 3.03. The summed E-state index contributed by atoms with van der Waals surface area (Å²) in [6.45, 7) is 0. The quantitative estimate of drug-likeness (QED) is 0.344. The van der Waals surface area contributed by atoms with Gasteiger partial charge in [-0.25, -0.2) is 0 Å². The monoisotopic (exact) mass is 230 g/mol. The predicted octanol–water partition coefficient (Wildman–Crippen LogP) is 5.18. The van der Waals surface area contributed by atoms with Crippen LogP contribution >= 0.6 is 0 Å². The minimum Gasteiger partial charge on any atom is -0.0616 e. The highest BCUT2D eigenvalue weighted by atomic mass is 14.2. The van der Waals surface area contributed by atoms with E-state index in [0.717, 1.165) is 43.1 Å². The highest BCUT2D eigenvalue weighted by Gasteiger charge is 2.17. The van der Waals surface area contributed by atoms with Gasteiger partial charge >= 0.3 is 0 Å². The summed E-state index contributed by atoms with van der Waals surface area (Å²) >= 11 is 0. The van der Waals surface area contributed by atoms with E-state index in [9.17, 15) is 0 Å². The van der Waals surface area contributed by atoms with E-state index in [1.54, 1.807) is 12.1 Å². The van der Waals surface area contributed by atoms with Crippen molar-refractivity contribution in [2.45, 2.75) is 0 Å². The Morgan fingerprint density at radius 3 is 1.56 bits per heavy atom. The molecule has 0 aliphatic rings. The maximum atomic E-state index is 8.30. The molecule has 0 saturated heterocycles. The van der Waals surface area contributed by atoms with Crippen molar-refractivity contribution in [2.24, 2.45) is 0 Å². The maximum Gasteiger partial charge on any atom is 0.0630 e. The van der Waals surface area contributed by atoms with E-state index < -0.39 is 0 Å². The van der Waals surface area contributed by atoms with Gasteiger partial charge in [0.2, 0.25) is 0 Å². The Labute approximate surface area is 110 Å². The lowest BCUT2D eigenvalue weighted by Crippen LogP contribution is -1.91. The minimum absolute atomic E-state index is 0.264. The third-order valence-electron chi connectivity index (χ3n) is 3.87. The molecule has 0 heterocycles. The van der Waals surface area contributed by atoms with Crippen molar-refractivity contribution in [1.82, 2.24) is 0 Å². The fourth-order valence-corrected chi connectivity index (χ4v) is 3.03. The van der Waals surface area contributed by atoms with E-state index in [1.807, 2.05) is 24.3 Å². The number of benzene rings is 3. The van der Waals surface area contributed by atoms with Gasteiger partial charge < -0.3 is 0 Å². The smallest absolute Gasteiger partial charge is 0.0616 e. The molecule has 0 saturated carbocycles. The van der Waals surface area contributed by atoms with Gasteiger partial charge in [-0.2, -0.15) is 0 Å². The van der Waals surface area contributed by atoms with Gasteiger partial charge in [0.15, 0.2) is 0 Å². The van der Waals surface area contributed by atoms with Crippen molar-refractivity contribution in [1.29, 1.82) is 0 Å². The van der Waals surface area contributed by atoms with Gasteiger partial charge in [0.25, 0.3) is 0 Å². The fraction of sp³-hybridized carbons (Fsp3) is 0. The van der Waals surface area contributed by atoms with Crippen LogP contribution in [0.15, 0.2) is 60.6 Å². The molecule has 0 spiro atoms. The largest absolute Gasteiger partial charge is 0.0630 e. The van der Waals surface area contributed by atoms with Crippen molar-refractivity contribution < 1.29 is 5.48 Å². The van der Waals surface area contributed by atoms with E-state index in [2.05, 4.69) is 0 Å².